The van der Waals surface area contributed by atoms with Gasteiger partial charge >= 0.3 is 0 Å². The molecule has 1 heterocycles. The van der Waals surface area contributed by atoms with E-state index in [1.54, 1.807) is 0 Å². The molecule has 106 valence electrons. The van der Waals surface area contributed by atoms with Crippen molar-refractivity contribution >= 4 is 27.3 Å². The van der Waals surface area contributed by atoms with E-state index in [0.29, 0.717) is 11.5 Å². The zero-order valence-electron chi connectivity index (χ0n) is 11.7. The van der Waals surface area contributed by atoms with Crippen LogP contribution in [0.4, 0.5) is 0 Å². The fourth-order valence-corrected chi connectivity index (χ4v) is 4.67. The monoisotopic (exact) mass is 349 g/mol. The molecule has 1 unspecified atom stereocenters. The number of rotatable bonds is 6. The molecule has 0 amide bonds. The van der Waals surface area contributed by atoms with E-state index < -0.39 is 0 Å². The fourth-order valence-electron chi connectivity index (χ4n) is 3.11. The first-order chi connectivity index (χ1) is 9.76. The van der Waals surface area contributed by atoms with Crippen LogP contribution in [0.15, 0.2) is 46.3 Å². The lowest BCUT2D eigenvalue weighted by Crippen LogP contribution is -2.41. The third-order valence-electron chi connectivity index (χ3n) is 4.34. The first kappa shape index (κ1) is 14.3. The van der Waals surface area contributed by atoms with Crippen molar-refractivity contribution in [3.63, 3.8) is 0 Å². The number of nitrogens with one attached hydrogen (secondary N) is 1. The van der Waals surface area contributed by atoms with Gasteiger partial charge in [-0.15, -0.1) is 11.3 Å². The molecule has 3 rings (SSSR count). The minimum atomic E-state index is 0.348. The first-order valence-electron chi connectivity index (χ1n) is 7.27. The summed E-state index contributed by atoms with van der Waals surface area (Å²) in [5.41, 5.74) is 1.85. The highest BCUT2D eigenvalue weighted by Gasteiger charge is 2.50. The Morgan fingerprint density at radius 3 is 2.55 bits per heavy atom. The van der Waals surface area contributed by atoms with Crippen molar-refractivity contribution in [3.8, 4) is 0 Å². The summed E-state index contributed by atoms with van der Waals surface area (Å²) < 4.78 is 1.26. The Morgan fingerprint density at radius 2 is 2.00 bits per heavy atom. The van der Waals surface area contributed by atoms with Gasteiger partial charge in [0, 0.05) is 20.8 Å². The highest BCUT2D eigenvalue weighted by Crippen LogP contribution is 2.52. The summed E-state index contributed by atoms with van der Waals surface area (Å²) in [7, 11) is 0. The van der Waals surface area contributed by atoms with Gasteiger partial charge in [-0.3, -0.25) is 0 Å². The molecule has 1 nitrogen and oxygen atoms in total. The number of thiophene rings is 1. The SMILES string of the molecule is CCNC(Cc1sccc1Br)C1(c2ccccc2)CC1. The van der Waals surface area contributed by atoms with Crippen LogP contribution in [0.25, 0.3) is 0 Å². The van der Waals surface area contributed by atoms with Gasteiger partial charge in [0.15, 0.2) is 0 Å². The van der Waals surface area contributed by atoms with Gasteiger partial charge in [-0.05, 0) is 58.7 Å². The fraction of sp³-hybridized carbons (Fsp3) is 0.412. The summed E-state index contributed by atoms with van der Waals surface area (Å²) in [6, 6.07) is 13.7. The Bertz CT molecular complexity index is 559. The van der Waals surface area contributed by atoms with Gasteiger partial charge in [0.05, 0.1) is 0 Å². The topological polar surface area (TPSA) is 12.0 Å². The molecule has 0 aliphatic heterocycles. The van der Waals surface area contributed by atoms with Crippen molar-refractivity contribution < 1.29 is 0 Å². The number of likely N-dealkylation sites (N-methyl/N-ethyl adjacent to an activating group) is 1. The minimum absolute atomic E-state index is 0.348. The Balaban J connectivity index is 1.85. The van der Waals surface area contributed by atoms with Gasteiger partial charge in [0.25, 0.3) is 0 Å². The molecule has 1 fully saturated rings. The molecular weight excluding hydrogens is 330 g/mol. The first-order valence-corrected chi connectivity index (χ1v) is 8.94. The predicted molar refractivity (Wildman–Crippen MR) is 90.5 cm³/mol. The van der Waals surface area contributed by atoms with Crippen LogP contribution in [-0.2, 0) is 11.8 Å². The average Bonchev–Trinajstić information content (AvgIpc) is 3.19. The Labute approximate surface area is 133 Å². The van der Waals surface area contributed by atoms with E-state index in [0.717, 1.165) is 13.0 Å². The van der Waals surface area contributed by atoms with E-state index in [2.05, 4.69) is 69.9 Å². The van der Waals surface area contributed by atoms with Gasteiger partial charge < -0.3 is 5.32 Å². The molecule has 1 atom stereocenters. The summed E-state index contributed by atoms with van der Waals surface area (Å²) in [6.07, 6.45) is 3.72. The van der Waals surface area contributed by atoms with Crippen LogP contribution < -0.4 is 5.32 Å². The van der Waals surface area contributed by atoms with Crippen LogP contribution in [0.1, 0.15) is 30.2 Å². The molecule has 0 radical (unpaired) electrons. The van der Waals surface area contributed by atoms with E-state index in [-0.39, 0.29) is 0 Å². The summed E-state index contributed by atoms with van der Waals surface area (Å²) >= 11 is 5.53. The van der Waals surface area contributed by atoms with Crippen molar-refractivity contribution in [2.45, 2.75) is 37.6 Å². The van der Waals surface area contributed by atoms with Crippen molar-refractivity contribution in [2.24, 2.45) is 0 Å². The summed E-state index contributed by atoms with van der Waals surface area (Å²) in [6.45, 7) is 3.24. The van der Waals surface area contributed by atoms with Crippen molar-refractivity contribution in [1.29, 1.82) is 0 Å². The summed E-state index contributed by atoms with van der Waals surface area (Å²) in [5.74, 6) is 0. The van der Waals surface area contributed by atoms with Gasteiger partial charge in [0.2, 0.25) is 0 Å². The number of halogens is 1. The number of hydrogen-bond acceptors (Lipinski definition) is 2. The molecule has 1 aromatic heterocycles. The summed E-state index contributed by atoms with van der Waals surface area (Å²) in [4.78, 5) is 1.46. The number of hydrogen-bond donors (Lipinski definition) is 1. The average molecular weight is 350 g/mol. The minimum Gasteiger partial charge on any atom is -0.313 e. The van der Waals surface area contributed by atoms with E-state index in [1.165, 1.54) is 27.8 Å². The van der Waals surface area contributed by atoms with Gasteiger partial charge in [0.1, 0.15) is 0 Å². The van der Waals surface area contributed by atoms with Gasteiger partial charge in [-0.1, -0.05) is 37.3 Å². The standard InChI is InChI=1S/C17H20BrNS/c1-2-19-16(12-15-14(18)8-11-20-15)17(9-10-17)13-6-4-3-5-7-13/h3-8,11,16,19H,2,9-10,12H2,1H3. The van der Waals surface area contributed by atoms with Crippen molar-refractivity contribution in [2.75, 3.05) is 6.54 Å². The van der Waals surface area contributed by atoms with Crippen LogP contribution >= 0.6 is 27.3 Å². The largest absolute Gasteiger partial charge is 0.313 e. The molecule has 2 aromatic rings. The van der Waals surface area contributed by atoms with Gasteiger partial charge in [-0.25, -0.2) is 0 Å². The molecule has 0 bridgehead atoms. The lowest BCUT2D eigenvalue weighted by molar-refractivity contribution is 0.423. The lowest BCUT2D eigenvalue weighted by atomic mass is 9.85. The zero-order chi connectivity index (χ0) is 14.0. The molecule has 1 saturated carbocycles. The second-order valence-corrected chi connectivity index (χ2v) is 7.38. The second-order valence-electron chi connectivity index (χ2n) is 5.53. The highest BCUT2D eigenvalue weighted by molar-refractivity contribution is 9.10. The maximum Gasteiger partial charge on any atom is 0.0314 e. The normalized spacial score (nSPS) is 17.9. The molecule has 1 aliphatic rings. The molecule has 1 aromatic carbocycles. The van der Waals surface area contributed by atoms with Crippen LogP contribution in [-0.4, -0.2) is 12.6 Å². The van der Waals surface area contributed by atoms with Crippen LogP contribution in [0, 0.1) is 0 Å². The molecule has 3 heteroatoms. The maximum atomic E-state index is 3.74. The molecule has 20 heavy (non-hydrogen) atoms. The zero-order valence-corrected chi connectivity index (χ0v) is 14.1. The van der Waals surface area contributed by atoms with E-state index in [9.17, 15) is 0 Å². The molecule has 1 N–H and O–H groups in total. The predicted octanol–water partition coefficient (Wildman–Crippen LogP) is 4.76. The summed E-state index contributed by atoms with van der Waals surface area (Å²) in [5, 5.41) is 5.91. The Kier molecular flexibility index (Phi) is 4.29. The van der Waals surface area contributed by atoms with Crippen molar-refractivity contribution in [1.82, 2.24) is 5.32 Å². The second kappa shape index (κ2) is 6.00. The quantitative estimate of drug-likeness (QED) is 0.792. The number of benzene rings is 1. The van der Waals surface area contributed by atoms with E-state index in [4.69, 9.17) is 0 Å². The lowest BCUT2D eigenvalue weighted by Gasteiger charge is -2.28. The van der Waals surface area contributed by atoms with Gasteiger partial charge in [-0.2, -0.15) is 0 Å². The van der Waals surface area contributed by atoms with Crippen LogP contribution in [0.3, 0.4) is 0 Å². The molecule has 0 spiro atoms. The highest BCUT2D eigenvalue weighted by atomic mass is 79.9. The third-order valence-corrected chi connectivity index (χ3v) is 6.28. The smallest absolute Gasteiger partial charge is 0.0314 e. The maximum absolute atomic E-state index is 3.74. The molecule has 0 saturated heterocycles. The van der Waals surface area contributed by atoms with Crippen LogP contribution in [0.2, 0.25) is 0 Å². The molecule has 1 aliphatic carbocycles. The third kappa shape index (κ3) is 2.72. The molecular formula is C17H20BrNS. The van der Waals surface area contributed by atoms with E-state index in [1.807, 2.05) is 11.3 Å². The Morgan fingerprint density at radius 1 is 1.25 bits per heavy atom. The van der Waals surface area contributed by atoms with Crippen LogP contribution in [0.5, 0.6) is 0 Å². The van der Waals surface area contributed by atoms with E-state index >= 15 is 0 Å². The van der Waals surface area contributed by atoms with Crippen molar-refractivity contribution in [3.05, 3.63) is 56.7 Å². The Hall–Kier alpha value is -0.640.